The highest BCUT2D eigenvalue weighted by molar-refractivity contribution is 7.91. The summed E-state index contributed by atoms with van der Waals surface area (Å²) in [6, 6.07) is 9.18. The molecule has 0 aliphatic carbocycles. The van der Waals surface area contributed by atoms with Crippen LogP contribution in [0.5, 0.6) is 17.2 Å². The normalized spacial score (nSPS) is 16.5. The zero-order valence-corrected chi connectivity index (χ0v) is 12.8. The number of halogens is 3. The van der Waals surface area contributed by atoms with E-state index in [0.29, 0.717) is 0 Å². The highest BCUT2D eigenvalue weighted by atomic mass is 32.2. The molecule has 0 radical (unpaired) electrons. The van der Waals surface area contributed by atoms with Crippen LogP contribution in [0.1, 0.15) is 0 Å². The second-order valence-electron chi connectivity index (χ2n) is 4.99. The van der Waals surface area contributed by atoms with E-state index in [1.807, 2.05) is 0 Å². The van der Waals surface area contributed by atoms with Gasteiger partial charge in [-0.25, -0.2) is 8.42 Å². The van der Waals surface area contributed by atoms with Crippen LogP contribution in [0.15, 0.2) is 52.3 Å². The highest BCUT2D eigenvalue weighted by Gasteiger charge is 2.41. The van der Waals surface area contributed by atoms with E-state index in [-0.39, 0.29) is 27.0 Å². The van der Waals surface area contributed by atoms with Crippen molar-refractivity contribution < 1.29 is 36.2 Å². The predicted molar refractivity (Wildman–Crippen MR) is 76.0 cm³/mol. The molecule has 0 amide bonds. The molecule has 1 N–H and O–H groups in total. The molecular weight excluding hydrogens is 349 g/mol. The van der Waals surface area contributed by atoms with Gasteiger partial charge in [0.15, 0.2) is 0 Å². The third-order valence-corrected chi connectivity index (χ3v) is 5.21. The van der Waals surface area contributed by atoms with Gasteiger partial charge in [0, 0.05) is 6.07 Å². The molecule has 24 heavy (non-hydrogen) atoms. The maximum Gasteiger partial charge on any atom is 0.427 e. The smallest absolute Gasteiger partial charge is 0.427 e. The zero-order chi connectivity index (χ0) is 17.5. The summed E-state index contributed by atoms with van der Waals surface area (Å²) < 4.78 is 73.1. The molecule has 0 spiro atoms. The predicted octanol–water partition coefficient (Wildman–Crippen LogP) is 2.93. The number of sulfone groups is 1. The number of hydrogen-bond acceptors (Lipinski definition) is 5. The molecule has 2 aromatic rings. The van der Waals surface area contributed by atoms with Crippen LogP contribution in [-0.2, 0) is 9.84 Å². The van der Waals surface area contributed by atoms with Crippen molar-refractivity contribution in [3.63, 3.8) is 0 Å². The summed E-state index contributed by atoms with van der Waals surface area (Å²) in [4.78, 5) is -0.184. The van der Waals surface area contributed by atoms with E-state index < -0.39 is 28.7 Å². The number of alkyl halides is 3. The van der Waals surface area contributed by atoms with Gasteiger partial charge in [0.1, 0.15) is 27.0 Å². The van der Waals surface area contributed by atoms with Gasteiger partial charge in [-0.15, -0.1) is 0 Å². The van der Waals surface area contributed by atoms with Crippen LogP contribution < -0.4 is 9.47 Å². The van der Waals surface area contributed by atoms with E-state index in [1.165, 1.54) is 18.2 Å². The molecule has 1 unspecified atom stereocenters. The summed E-state index contributed by atoms with van der Waals surface area (Å²) in [5.41, 5.74) is 0. The van der Waals surface area contributed by atoms with Crippen molar-refractivity contribution in [1.29, 1.82) is 0 Å². The second-order valence-corrected chi connectivity index (χ2v) is 6.88. The Kier molecular flexibility index (Phi) is 3.92. The summed E-state index contributed by atoms with van der Waals surface area (Å²) in [6.45, 7) is -1.26. The van der Waals surface area contributed by atoms with Crippen LogP contribution in [0.2, 0.25) is 0 Å². The largest absolute Gasteiger partial charge is 0.478 e. The molecule has 0 bridgehead atoms. The van der Waals surface area contributed by atoms with Crippen LogP contribution in [0.4, 0.5) is 13.2 Å². The van der Waals surface area contributed by atoms with Crippen molar-refractivity contribution in [3.05, 3.63) is 42.5 Å². The summed E-state index contributed by atoms with van der Waals surface area (Å²) in [6.07, 6.45) is -7.17. The van der Waals surface area contributed by atoms with Crippen LogP contribution in [0.3, 0.4) is 0 Å². The van der Waals surface area contributed by atoms with E-state index >= 15 is 0 Å². The van der Waals surface area contributed by atoms with Crippen LogP contribution >= 0.6 is 0 Å². The minimum Gasteiger partial charge on any atom is -0.478 e. The Labute approximate surface area is 135 Å². The average molecular weight is 360 g/mol. The number of para-hydroxylation sites is 1. The Morgan fingerprint density at radius 2 is 1.75 bits per heavy atom. The number of rotatable bonds is 3. The lowest BCUT2D eigenvalue weighted by molar-refractivity contribution is -0.204. The monoisotopic (exact) mass is 360 g/mol. The quantitative estimate of drug-likeness (QED) is 0.778. The minimum atomic E-state index is -4.76. The molecular formula is C15H11F3O5S. The molecule has 1 atom stereocenters. The Balaban J connectivity index is 1.99. The van der Waals surface area contributed by atoms with Crippen molar-refractivity contribution in [2.24, 2.45) is 0 Å². The van der Waals surface area contributed by atoms with Gasteiger partial charge in [0.2, 0.25) is 15.9 Å². The molecule has 1 heterocycles. The molecule has 0 saturated heterocycles. The van der Waals surface area contributed by atoms with Gasteiger partial charge in [0.05, 0.1) is 6.61 Å². The lowest BCUT2D eigenvalue weighted by Crippen LogP contribution is -2.37. The van der Waals surface area contributed by atoms with E-state index in [2.05, 4.69) is 0 Å². The van der Waals surface area contributed by atoms with Gasteiger partial charge in [-0.05, 0) is 24.3 Å². The number of aliphatic hydroxyl groups excluding tert-OH is 1. The van der Waals surface area contributed by atoms with Crippen molar-refractivity contribution in [2.75, 3.05) is 6.61 Å². The fraction of sp³-hybridized carbons (Fsp3) is 0.200. The maximum absolute atomic E-state index is 12.7. The Morgan fingerprint density at radius 3 is 2.42 bits per heavy atom. The molecule has 9 heteroatoms. The van der Waals surface area contributed by atoms with Crippen molar-refractivity contribution in [3.8, 4) is 17.2 Å². The fourth-order valence-electron chi connectivity index (χ4n) is 2.23. The first kappa shape index (κ1) is 16.6. The number of ether oxygens (including phenoxy) is 2. The zero-order valence-electron chi connectivity index (χ0n) is 11.9. The molecule has 3 rings (SSSR count). The molecule has 128 valence electrons. The Morgan fingerprint density at radius 1 is 1.08 bits per heavy atom. The molecule has 0 fully saturated rings. The molecule has 0 saturated carbocycles. The lowest BCUT2D eigenvalue weighted by Gasteiger charge is -2.23. The summed E-state index contributed by atoms with van der Waals surface area (Å²) in [7, 11) is -3.83. The van der Waals surface area contributed by atoms with Gasteiger partial charge in [-0.1, -0.05) is 12.1 Å². The van der Waals surface area contributed by atoms with Gasteiger partial charge in [-0.3, -0.25) is 0 Å². The van der Waals surface area contributed by atoms with E-state index in [9.17, 15) is 21.6 Å². The van der Waals surface area contributed by atoms with E-state index in [4.69, 9.17) is 14.6 Å². The molecule has 1 aliphatic heterocycles. The number of benzene rings is 2. The van der Waals surface area contributed by atoms with Crippen molar-refractivity contribution in [1.82, 2.24) is 0 Å². The first-order valence-corrected chi connectivity index (χ1v) is 8.22. The molecule has 0 aromatic heterocycles. The van der Waals surface area contributed by atoms with Gasteiger partial charge in [-0.2, -0.15) is 13.2 Å². The number of fused-ring (bicyclic) bond motifs is 2. The summed E-state index contributed by atoms with van der Waals surface area (Å²) in [5, 5.41) is 8.80. The third kappa shape index (κ3) is 2.80. The highest BCUT2D eigenvalue weighted by Crippen LogP contribution is 2.44. The van der Waals surface area contributed by atoms with Gasteiger partial charge >= 0.3 is 6.18 Å². The second kappa shape index (κ2) is 5.67. The summed E-state index contributed by atoms with van der Waals surface area (Å²) >= 11 is 0. The van der Waals surface area contributed by atoms with Gasteiger partial charge < -0.3 is 14.6 Å². The Bertz CT molecular complexity index is 877. The number of aliphatic hydroxyl groups is 1. The standard InChI is InChI=1S/C15H11F3O5S/c16-15(17,18)14(8-19)22-9-5-6-13-11(7-9)23-10-3-1-2-4-12(10)24(13,20)21/h1-7,14,19H,8H2. The maximum atomic E-state index is 12.7. The number of hydrogen-bond donors (Lipinski definition) is 1. The fourth-order valence-corrected chi connectivity index (χ4v) is 3.71. The average Bonchev–Trinajstić information content (AvgIpc) is 2.51. The first-order chi connectivity index (χ1) is 11.2. The van der Waals surface area contributed by atoms with Crippen LogP contribution in [0.25, 0.3) is 0 Å². The summed E-state index contributed by atoms with van der Waals surface area (Å²) in [5.74, 6) is -0.318. The minimum absolute atomic E-state index is 0.0188. The van der Waals surface area contributed by atoms with E-state index in [1.54, 1.807) is 6.07 Å². The van der Waals surface area contributed by atoms with E-state index in [0.717, 1.165) is 18.2 Å². The SMILES string of the molecule is O=S1(=O)c2ccccc2Oc2cc(OC(CO)C(F)(F)F)ccc21. The van der Waals surface area contributed by atoms with Crippen molar-refractivity contribution in [2.45, 2.75) is 22.1 Å². The molecule has 2 aromatic carbocycles. The van der Waals surface area contributed by atoms with Gasteiger partial charge in [0.25, 0.3) is 0 Å². The molecule has 5 nitrogen and oxygen atoms in total. The Hall–Kier alpha value is -2.26. The lowest BCUT2D eigenvalue weighted by atomic mass is 10.3. The van der Waals surface area contributed by atoms with Crippen LogP contribution in [0, 0.1) is 0 Å². The third-order valence-electron chi connectivity index (χ3n) is 3.37. The first-order valence-electron chi connectivity index (χ1n) is 6.74. The van der Waals surface area contributed by atoms with Crippen molar-refractivity contribution >= 4 is 9.84 Å². The topological polar surface area (TPSA) is 72.8 Å². The molecule has 1 aliphatic rings. The van der Waals surface area contributed by atoms with Crippen LogP contribution in [-0.4, -0.2) is 32.4 Å².